The lowest BCUT2D eigenvalue weighted by Crippen LogP contribution is -2.14. The van der Waals surface area contributed by atoms with Crippen LogP contribution in [0.2, 0.25) is 0 Å². The van der Waals surface area contributed by atoms with Crippen LogP contribution in [0.1, 0.15) is 12.8 Å². The Morgan fingerprint density at radius 2 is 1.88 bits per heavy atom. The van der Waals surface area contributed by atoms with E-state index in [1.54, 1.807) is 24.3 Å². The SMILES string of the molecule is COc1cccc(NC(=O)CCCS(=O)(=O)c2ccc(F)cc2)c1. The highest BCUT2D eigenvalue weighted by molar-refractivity contribution is 7.91. The van der Waals surface area contributed by atoms with Crippen LogP contribution >= 0.6 is 0 Å². The Morgan fingerprint density at radius 3 is 2.54 bits per heavy atom. The molecule has 0 atom stereocenters. The predicted octanol–water partition coefficient (Wildman–Crippen LogP) is 3.03. The summed E-state index contributed by atoms with van der Waals surface area (Å²) in [6, 6.07) is 11.5. The van der Waals surface area contributed by atoms with Crippen molar-refractivity contribution in [3.8, 4) is 5.75 Å². The van der Waals surface area contributed by atoms with Gasteiger partial charge in [0.1, 0.15) is 11.6 Å². The maximum Gasteiger partial charge on any atom is 0.224 e. The minimum atomic E-state index is -3.52. The van der Waals surface area contributed by atoms with Crippen molar-refractivity contribution >= 4 is 21.4 Å². The Labute approximate surface area is 140 Å². The maximum absolute atomic E-state index is 12.8. The van der Waals surface area contributed by atoms with E-state index in [1.807, 2.05) is 0 Å². The van der Waals surface area contributed by atoms with E-state index in [1.165, 1.54) is 19.2 Å². The lowest BCUT2D eigenvalue weighted by atomic mass is 10.2. The normalized spacial score (nSPS) is 11.1. The van der Waals surface area contributed by atoms with Crippen LogP contribution in [0.4, 0.5) is 10.1 Å². The molecule has 128 valence electrons. The van der Waals surface area contributed by atoms with E-state index >= 15 is 0 Å². The number of nitrogens with one attached hydrogen (secondary N) is 1. The molecule has 0 radical (unpaired) electrons. The zero-order valence-corrected chi connectivity index (χ0v) is 14.0. The van der Waals surface area contributed by atoms with Gasteiger partial charge in [0.25, 0.3) is 0 Å². The summed E-state index contributed by atoms with van der Waals surface area (Å²) in [7, 11) is -1.99. The Morgan fingerprint density at radius 1 is 1.17 bits per heavy atom. The van der Waals surface area contributed by atoms with Gasteiger partial charge in [0, 0.05) is 18.2 Å². The summed E-state index contributed by atoms with van der Waals surface area (Å²) in [5.41, 5.74) is 0.584. The van der Waals surface area contributed by atoms with Crippen molar-refractivity contribution in [2.45, 2.75) is 17.7 Å². The van der Waals surface area contributed by atoms with Crippen molar-refractivity contribution in [1.29, 1.82) is 0 Å². The van der Waals surface area contributed by atoms with Gasteiger partial charge in [0.15, 0.2) is 9.84 Å². The number of sulfone groups is 1. The second-order valence-corrected chi connectivity index (χ2v) is 7.27. The van der Waals surface area contributed by atoms with Crippen LogP contribution in [-0.2, 0) is 14.6 Å². The molecule has 0 heterocycles. The molecule has 1 amide bonds. The maximum atomic E-state index is 12.8. The third kappa shape index (κ3) is 5.06. The van der Waals surface area contributed by atoms with E-state index in [-0.39, 0.29) is 29.4 Å². The molecule has 0 unspecified atom stereocenters. The average Bonchev–Trinajstić information content (AvgIpc) is 2.55. The third-order valence-corrected chi connectivity index (χ3v) is 5.16. The summed E-state index contributed by atoms with van der Waals surface area (Å²) in [6.45, 7) is 0. The van der Waals surface area contributed by atoms with E-state index in [0.29, 0.717) is 11.4 Å². The lowest BCUT2D eigenvalue weighted by molar-refractivity contribution is -0.116. The fourth-order valence-electron chi connectivity index (χ4n) is 2.11. The minimum absolute atomic E-state index is 0.0529. The zero-order chi connectivity index (χ0) is 17.6. The monoisotopic (exact) mass is 351 g/mol. The molecule has 0 aliphatic carbocycles. The lowest BCUT2D eigenvalue weighted by Gasteiger charge is -2.07. The molecule has 0 fully saturated rings. The molecule has 0 aliphatic rings. The summed E-state index contributed by atoms with van der Waals surface area (Å²) >= 11 is 0. The zero-order valence-electron chi connectivity index (χ0n) is 13.2. The largest absolute Gasteiger partial charge is 0.497 e. The topological polar surface area (TPSA) is 72.5 Å². The Balaban J connectivity index is 1.86. The first-order chi connectivity index (χ1) is 11.4. The van der Waals surface area contributed by atoms with Gasteiger partial charge in [-0.3, -0.25) is 4.79 Å². The van der Waals surface area contributed by atoms with Gasteiger partial charge in [0.05, 0.1) is 17.8 Å². The van der Waals surface area contributed by atoms with Crippen molar-refractivity contribution in [3.05, 3.63) is 54.3 Å². The van der Waals surface area contributed by atoms with Gasteiger partial charge >= 0.3 is 0 Å². The molecule has 0 aromatic heterocycles. The van der Waals surface area contributed by atoms with Crippen LogP contribution in [0.15, 0.2) is 53.4 Å². The number of hydrogen-bond acceptors (Lipinski definition) is 4. The highest BCUT2D eigenvalue weighted by atomic mass is 32.2. The Hall–Kier alpha value is -2.41. The third-order valence-electron chi connectivity index (χ3n) is 3.34. The van der Waals surface area contributed by atoms with Gasteiger partial charge in [0.2, 0.25) is 5.91 Å². The smallest absolute Gasteiger partial charge is 0.224 e. The molecule has 0 spiro atoms. The molecule has 24 heavy (non-hydrogen) atoms. The van der Waals surface area contributed by atoms with Crippen LogP contribution in [0.5, 0.6) is 5.75 Å². The summed E-state index contributed by atoms with van der Waals surface area (Å²) in [5.74, 6) is -0.333. The average molecular weight is 351 g/mol. The van der Waals surface area contributed by atoms with Crippen molar-refractivity contribution in [2.24, 2.45) is 0 Å². The number of amides is 1. The number of benzene rings is 2. The fourth-order valence-corrected chi connectivity index (χ4v) is 3.42. The van der Waals surface area contributed by atoms with Gasteiger partial charge in [-0.05, 0) is 42.8 Å². The van der Waals surface area contributed by atoms with Crippen molar-refractivity contribution in [2.75, 3.05) is 18.2 Å². The molecule has 0 bridgehead atoms. The number of anilines is 1. The van der Waals surface area contributed by atoms with Crippen LogP contribution in [0.3, 0.4) is 0 Å². The number of methoxy groups -OCH3 is 1. The second kappa shape index (κ2) is 7.92. The quantitative estimate of drug-likeness (QED) is 0.778. The second-order valence-electron chi connectivity index (χ2n) is 5.16. The Bertz CT molecular complexity index is 804. The van der Waals surface area contributed by atoms with E-state index in [9.17, 15) is 17.6 Å². The first kappa shape index (κ1) is 17.9. The molecule has 0 aliphatic heterocycles. The van der Waals surface area contributed by atoms with Gasteiger partial charge in [-0.25, -0.2) is 12.8 Å². The molecule has 1 N–H and O–H groups in total. The number of halogens is 1. The highest BCUT2D eigenvalue weighted by Gasteiger charge is 2.15. The number of carbonyl (C=O) groups excluding carboxylic acids is 1. The number of hydrogen-bond donors (Lipinski definition) is 1. The molecule has 2 rings (SSSR count). The first-order valence-electron chi connectivity index (χ1n) is 7.33. The van der Waals surface area contributed by atoms with Gasteiger partial charge in [-0.15, -0.1) is 0 Å². The molecule has 2 aromatic rings. The fraction of sp³-hybridized carbons (Fsp3) is 0.235. The highest BCUT2D eigenvalue weighted by Crippen LogP contribution is 2.17. The molecule has 7 heteroatoms. The van der Waals surface area contributed by atoms with Crippen molar-refractivity contribution in [3.63, 3.8) is 0 Å². The molecular formula is C17H18FNO4S. The molecule has 5 nitrogen and oxygen atoms in total. The molecule has 0 saturated carbocycles. The minimum Gasteiger partial charge on any atom is -0.497 e. The molecule has 0 saturated heterocycles. The summed E-state index contributed by atoms with van der Waals surface area (Å²) in [6.07, 6.45) is 0.243. The summed E-state index contributed by atoms with van der Waals surface area (Å²) in [4.78, 5) is 11.9. The molecular weight excluding hydrogens is 333 g/mol. The van der Waals surface area contributed by atoms with Crippen LogP contribution in [0, 0.1) is 5.82 Å². The van der Waals surface area contributed by atoms with Crippen LogP contribution in [0.25, 0.3) is 0 Å². The molecule has 2 aromatic carbocycles. The van der Waals surface area contributed by atoms with Gasteiger partial charge < -0.3 is 10.1 Å². The van der Waals surface area contributed by atoms with Crippen molar-refractivity contribution in [1.82, 2.24) is 0 Å². The van der Waals surface area contributed by atoms with Crippen LogP contribution < -0.4 is 10.1 Å². The van der Waals surface area contributed by atoms with Gasteiger partial charge in [-0.1, -0.05) is 6.07 Å². The number of ether oxygens (including phenoxy) is 1. The van der Waals surface area contributed by atoms with E-state index in [4.69, 9.17) is 4.74 Å². The van der Waals surface area contributed by atoms with E-state index in [0.717, 1.165) is 12.1 Å². The van der Waals surface area contributed by atoms with Gasteiger partial charge in [-0.2, -0.15) is 0 Å². The number of rotatable bonds is 7. The van der Waals surface area contributed by atoms with E-state index in [2.05, 4.69) is 5.32 Å². The van der Waals surface area contributed by atoms with Crippen molar-refractivity contribution < 1.29 is 22.3 Å². The Kier molecular flexibility index (Phi) is 5.92. The van der Waals surface area contributed by atoms with E-state index < -0.39 is 15.7 Å². The summed E-state index contributed by atoms with van der Waals surface area (Å²) in [5, 5.41) is 2.69. The summed E-state index contributed by atoms with van der Waals surface area (Å²) < 4.78 is 42.1. The first-order valence-corrected chi connectivity index (χ1v) is 8.98. The number of carbonyl (C=O) groups is 1. The van der Waals surface area contributed by atoms with Crippen LogP contribution in [-0.4, -0.2) is 27.2 Å². The predicted molar refractivity (Wildman–Crippen MR) is 89.3 cm³/mol. The standard InChI is InChI=1S/C17H18FNO4S/c1-23-15-5-2-4-14(12-15)19-17(20)6-3-11-24(21,22)16-9-7-13(18)8-10-16/h2,4-5,7-10,12H,3,6,11H2,1H3,(H,19,20).